The van der Waals surface area contributed by atoms with Crippen LogP contribution in [0.4, 0.5) is 5.69 Å². The molecule has 5 heteroatoms. The molecule has 2 N–H and O–H groups in total. The van der Waals surface area contributed by atoms with Crippen LogP contribution < -0.4 is 10.6 Å². The van der Waals surface area contributed by atoms with Crippen LogP contribution in [0.5, 0.6) is 0 Å². The first-order valence-corrected chi connectivity index (χ1v) is 7.42. The molecule has 2 aromatic rings. The van der Waals surface area contributed by atoms with Crippen molar-refractivity contribution in [2.75, 3.05) is 12.0 Å². The average molecular weight is 310 g/mol. The lowest BCUT2D eigenvalue weighted by Gasteiger charge is -2.32. The molecule has 23 heavy (non-hydrogen) atoms. The Labute approximate surface area is 134 Å². The Morgan fingerprint density at radius 3 is 2.61 bits per heavy atom. The van der Waals surface area contributed by atoms with Crippen molar-refractivity contribution in [2.24, 2.45) is 5.73 Å². The molecule has 0 radical (unpaired) electrons. The lowest BCUT2D eigenvalue weighted by Crippen LogP contribution is -2.48. The standard InChI is InChI=1S/C18H18N2O3/c1-23-18(22)13-8-6-12(7-9-13)11-20-16-5-3-2-4-14(16)10-15(19)17(20)21/h2-9,15H,10-11,19H2,1H3. The second kappa shape index (κ2) is 6.22. The van der Waals surface area contributed by atoms with Gasteiger partial charge in [-0.2, -0.15) is 0 Å². The van der Waals surface area contributed by atoms with Gasteiger partial charge in [-0.1, -0.05) is 30.3 Å². The zero-order valence-electron chi connectivity index (χ0n) is 12.9. The molecule has 1 heterocycles. The Hall–Kier alpha value is -2.66. The summed E-state index contributed by atoms with van der Waals surface area (Å²) >= 11 is 0. The molecule has 0 bridgehead atoms. The zero-order chi connectivity index (χ0) is 16.4. The fourth-order valence-electron chi connectivity index (χ4n) is 2.80. The van der Waals surface area contributed by atoms with E-state index in [1.54, 1.807) is 17.0 Å². The molecule has 3 rings (SSSR count). The van der Waals surface area contributed by atoms with E-state index < -0.39 is 6.04 Å². The van der Waals surface area contributed by atoms with E-state index in [1.807, 2.05) is 36.4 Å². The molecule has 1 aliphatic heterocycles. The number of para-hydroxylation sites is 1. The lowest BCUT2D eigenvalue weighted by molar-refractivity contribution is -0.120. The number of carbonyl (C=O) groups is 2. The zero-order valence-corrected chi connectivity index (χ0v) is 12.9. The van der Waals surface area contributed by atoms with Gasteiger partial charge in [0.15, 0.2) is 0 Å². The number of esters is 1. The number of nitrogens with two attached hydrogens (primary N) is 1. The van der Waals surface area contributed by atoms with Gasteiger partial charge in [0.2, 0.25) is 5.91 Å². The highest BCUT2D eigenvalue weighted by atomic mass is 16.5. The molecule has 1 amide bonds. The summed E-state index contributed by atoms with van der Waals surface area (Å²) in [5.41, 5.74) is 9.35. The number of nitrogens with zero attached hydrogens (tertiary/aromatic N) is 1. The highest BCUT2D eigenvalue weighted by molar-refractivity contribution is 6.00. The first-order chi connectivity index (χ1) is 11.1. The summed E-state index contributed by atoms with van der Waals surface area (Å²) in [4.78, 5) is 25.6. The van der Waals surface area contributed by atoms with Crippen LogP contribution in [0.15, 0.2) is 48.5 Å². The number of ether oxygens (including phenoxy) is 1. The van der Waals surface area contributed by atoms with Crippen LogP contribution in [0, 0.1) is 0 Å². The fraction of sp³-hybridized carbons (Fsp3) is 0.222. The third-order valence-corrected chi connectivity index (χ3v) is 4.02. The van der Waals surface area contributed by atoms with Crippen molar-refractivity contribution < 1.29 is 14.3 Å². The minimum absolute atomic E-state index is 0.0826. The van der Waals surface area contributed by atoms with Crippen LogP contribution in [0.1, 0.15) is 21.5 Å². The van der Waals surface area contributed by atoms with E-state index in [4.69, 9.17) is 5.73 Å². The van der Waals surface area contributed by atoms with Gasteiger partial charge in [0.25, 0.3) is 0 Å². The SMILES string of the molecule is COC(=O)c1ccc(CN2C(=O)C(N)Cc3ccccc32)cc1. The molecule has 1 aliphatic rings. The maximum Gasteiger partial charge on any atom is 0.337 e. The number of amides is 1. The Bertz CT molecular complexity index is 740. The topological polar surface area (TPSA) is 72.6 Å². The molecule has 5 nitrogen and oxygen atoms in total. The van der Waals surface area contributed by atoms with Crippen LogP contribution in [-0.2, 0) is 22.5 Å². The minimum atomic E-state index is -0.515. The Morgan fingerprint density at radius 2 is 1.91 bits per heavy atom. The van der Waals surface area contributed by atoms with Crippen molar-refractivity contribution in [1.82, 2.24) is 0 Å². The van der Waals surface area contributed by atoms with Gasteiger partial charge >= 0.3 is 5.97 Å². The molecule has 0 aliphatic carbocycles. The minimum Gasteiger partial charge on any atom is -0.465 e. The second-order valence-electron chi connectivity index (χ2n) is 5.55. The van der Waals surface area contributed by atoms with Crippen LogP contribution >= 0.6 is 0 Å². The molecular formula is C18H18N2O3. The van der Waals surface area contributed by atoms with Gasteiger partial charge in [0.1, 0.15) is 0 Å². The molecule has 2 aromatic carbocycles. The maximum absolute atomic E-state index is 12.4. The van der Waals surface area contributed by atoms with E-state index in [0.717, 1.165) is 16.8 Å². The first kappa shape index (κ1) is 15.2. The first-order valence-electron chi connectivity index (χ1n) is 7.42. The van der Waals surface area contributed by atoms with Crippen LogP contribution in [0.3, 0.4) is 0 Å². The van der Waals surface area contributed by atoms with Gasteiger partial charge in [-0.05, 0) is 35.7 Å². The summed E-state index contributed by atoms with van der Waals surface area (Å²) in [6.07, 6.45) is 0.562. The predicted molar refractivity (Wildman–Crippen MR) is 87.1 cm³/mol. The summed E-state index contributed by atoms with van der Waals surface area (Å²) in [7, 11) is 1.35. The van der Waals surface area contributed by atoms with Gasteiger partial charge in [-0.25, -0.2) is 4.79 Å². The largest absolute Gasteiger partial charge is 0.465 e. The molecule has 118 valence electrons. The third-order valence-electron chi connectivity index (χ3n) is 4.02. The monoisotopic (exact) mass is 310 g/mol. The molecule has 0 aromatic heterocycles. The lowest BCUT2D eigenvalue weighted by atomic mass is 9.97. The van der Waals surface area contributed by atoms with E-state index in [0.29, 0.717) is 18.5 Å². The van der Waals surface area contributed by atoms with E-state index in [9.17, 15) is 9.59 Å². The van der Waals surface area contributed by atoms with Crippen molar-refractivity contribution in [2.45, 2.75) is 19.0 Å². The van der Waals surface area contributed by atoms with E-state index in [2.05, 4.69) is 4.74 Å². The van der Waals surface area contributed by atoms with E-state index in [1.165, 1.54) is 7.11 Å². The average Bonchev–Trinajstić information content (AvgIpc) is 2.59. The van der Waals surface area contributed by atoms with Crippen LogP contribution in [0.25, 0.3) is 0 Å². The van der Waals surface area contributed by atoms with Crippen molar-refractivity contribution in [1.29, 1.82) is 0 Å². The van der Waals surface area contributed by atoms with E-state index >= 15 is 0 Å². The van der Waals surface area contributed by atoms with Gasteiger partial charge in [0.05, 0.1) is 25.3 Å². The van der Waals surface area contributed by atoms with Crippen LogP contribution in [0.2, 0.25) is 0 Å². The number of benzene rings is 2. The van der Waals surface area contributed by atoms with Gasteiger partial charge in [-0.3, -0.25) is 4.79 Å². The van der Waals surface area contributed by atoms with Gasteiger partial charge < -0.3 is 15.4 Å². The Balaban J connectivity index is 1.87. The Kier molecular flexibility index (Phi) is 4.12. The Morgan fingerprint density at radius 1 is 1.22 bits per heavy atom. The second-order valence-corrected chi connectivity index (χ2v) is 5.55. The third kappa shape index (κ3) is 2.96. The quantitative estimate of drug-likeness (QED) is 0.879. The smallest absolute Gasteiger partial charge is 0.337 e. The predicted octanol–water partition coefficient (Wildman–Crippen LogP) is 1.89. The molecule has 1 unspecified atom stereocenters. The summed E-state index contributed by atoms with van der Waals surface area (Å²) in [6, 6.07) is 14.3. The summed E-state index contributed by atoms with van der Waals surface area (Å²) in [6.45, 7) is 0.422. The molecule has 0 saturated heterocycles. The molecule has 0 fully saturated rings. The highest BCUT2D eigenvalue weighted by Gasteiger charge is 2.30. The van der Waals surface area contributed by atoms with Gasteiger partial charge in [0, 0.05) is 5.69 Å². The number of anilines is 1. The van der Waals surface area contributed by atoms with Gasteiger partial charge in [-0.15, -0.1) is 0 Å². The fourth-order valence-corrected chi connectivity index (χ4v) is 2.80. The molecule has 1 atom stereocenters. The molecule has 0 saturated carbocycles. The number of methoxy groups -OCH3 is 1. The highest BCUT2D eigenvalue weighted by Crippen LogP contribution is 2.28. The molecular weight excluding hydrogens is 292 g/mol. The number of fused-ring (bicyclic) bond motifs is 1. The maximum atomic E-state index is 12.4. The van der Waals surface area contributed by atoms with Crippen molar-refractivity contribution in [3.63, 3.8) is 0 Å². The van der Waals surface area contributed by atoms with Crippen molar-refractivity contribution in [3.05, 3.63) is 65.2 Å². The summed E-state index contributed by atoms with van der Waals surface area (Å²) in [5, 5.41) is 0. The van der Waals surface area contributed by atoms with Crippen LogP contribution in [-0.4, -0.2) is 25.0 Å². The van der Waals surface area contributed by atoms with Crippen molar-refractivity contribution >= 4 is 17.6 Å². The summed E-state index contributed by atoms with van der Waals surface area (Å²) < 4.78 is 4.68. The number of hydrogen-bond acceptors (Lipinski definition) is 4. The number of rotatable bonds is 3. The summed E-state index contributed by atoms with van der Waals surface area (Å²) in [5.74, 6) is -0.460. The molecule has 0 spiro atoms. The van der Waals surface area contributed by atoms with Crippen molar-refractivity contribution in [3.8, 4) is 0 Å². The van der Waals surface area contributed by atoms with E-state index in [-0.39, 0.29) is 11.9 Å². The number of hydrogen-bond donors (Lipinski definition) is 1. The number of carbonyl (C=O) groups excluding carboxylic acids is 2. The normalized spacial score (nSPS) is 16.9.